The Hall–Kier alpha value is -1.85. The molecule has 156 valence electrons. The van der Waals surface area contributed by atoms with E-state index in [1.54, 1.807) is 4.68 Å². The van der Waals surface area contributed by atoms with Crippen molar-refractivity contribution < 1.29 is 9.59 Å². The molecule has 0 radical (unpaired) electrons. The molecule has 2 aliphatic rings. The van der Waals surface area contributed by atoms with Gasteiger partial charge in [0.1, 0.15) is 0 Å². The van der Waals surface area contributed by atoms with Crippen molar-refractivity contribution in [2.45, 2.75) is 65.3 Å². The second-order valence-electron chi connectivity index (χ2n) is 9.17. The molecule has 1 aromatic heterocycles. The second kappa shape index (κ2) is 9.57. The Bertz CT molecular complexity index is 663. The molecule has 0 aromatic carbocycles. The Labute approximate surface area is 169 Å². The van der Waals surface area contributed by atoms with Crippen molar-refractivity contribution in [3.63, 3.8) is 0 Å². The van der Waals surface area contributed by atoms with E-state index in [4.69, 9.17) is 0 Å². The third-order valence-corrected chi connectivity index (χ3v) is 6.08. The SMILES string of the molecule is CC(C)CN(Cc1cnn(C)c1)C(=O)C1CCC(=O)N(CC2CCCCC2)C1. The highest BCUT2D eigenvalue weighted by Gasteiger charge is 2.34. The second-order valence-corrected chi connectivity index (χ2v) is 9.17. The van der Waals surface area contributed by atoms with E-state index in [9.17, 15) is 9.59 Å². The normalized spacial score (nSPS) is 21.4. The van der Waals surface area contributed by atoms with E-state index in [2.05, 4.69) is 18.9 Å². The van der Waals surface area contributed by atoms with Crippen LogP contribution in [0.5, 0.6) is 0 Å². The van der Waals surface area contributed by atoms with Crippen LogP contribution in [0.25, 0.3) is 0 Å². The number of rotatable bonds is 7. The summed E-state index contributed by atoms with van der Waals surface area (Å²) in [6, 6.07) is 0. The van der Waals surface area contributed by atoms with Crippen LogP contribution in [0.4, 0.5) is 0 Å². The topological polar surface area (TPSA) is 58.4 Å². The number of hydrogen-bond donors (Lipinski definition) is 0. The maximum atomic E-state index is 13.4. The molecule has 6 heteroatoms. The number of carbonyl (C=O) groups is 2. The van der Waals surface area contributed by atoms with Gasteiger partial charge < -0.3 is 9.80 Å². The predicted molar refractivity (Wildman–Crippen MR) is 109 cm³/mol. The van der Waals surface area contributed by atoms with Gasteiger partial charge in [0.2, 0.25) is 11.8 Å². The summed E-state index contributed by atoms with van der Waals surface area (Å²) in [5.74, 6) is 1.38. The Balaban J connectivity index is 1.64. The first-order valence-electron chi connectivity index (χ1n) is 11.0. The quantitative estimate of drug-likeness (QED) is 0.721. The number of amides is 2. The molecule has 1 saturated carbocycles. The third kappa shape index (κ3) is 5.58. The number of likely N-dealkylation sites (tertiary alicyclic amines) is 1. The number of nitrogens with zero attached hydrogens (tertiary/aromatic N) is 4. The zero-order valence-corrected chi connectivity index (χ0v) is 17.8. The minimum absolute atomic E-state index is 0.0725. The van der Waals surface area contributed by atoms with Gasteiger partial charge in [-0.2, -0.15) is 5.10 Å². The number of aromatic nitrogens is 2. The van der Waals surface area contributed by atoms with Gasteiger partial charge in [-0.05, 0) is 31.1 Å². The first-order valence-corrected chi connectivity index (χ1v) is 11.0. The summed E-state index contributed by atoms with van der Waals surface area (Å²) < 4.78 is 1.78. The molecule has 0 spiro atoms. The Morgan fingerprint density at radius 1 is 1.25 bits per heavy atom. The summed E-state index contributed by atoms with van der Waals surface area (Å²) in [7, 11) is 1.90. The van der Waals surface area contributed by atoms with Crippen molar-refractivity contribution in [2.75, 3.05) is 19.6 Å². The van der Waals surface area contributed by atoms with E-state index in [1.807, 2.05) is 29.2 Å². The lowest BCUT2D eigenvalue weighted by Crippen LogP contribution is -2.48. The number of carbonyl (C=O) groups excluding carboxylic acids is 2. The molecule has 3 rings (SSSR count). The maximum absolute atomic E-state index is 13.4. The van der Waals surface area contributed by atoms with Crippen LogP contribution in [0.2, 0.25) is 0 Å². The minimum Gasteiger partial charge on any atom is -0.342 e. The maximum Gasteiger partial charge on any atom is 0.227 e. The van der Waals surface area contributed by atoms with Gasteiger partial charge >= 0.3 is 0 Å². The number of hydrogen-bond acceptors (Lipinski definition) is 3. The zero-order chi connectivity index (χ0) is 20.1. The molecular weight excluding hydrogens is 352 g/mol. The van der Waals surface area contributed by atoms with Gasteiger partial charge in [0, 0.05) is 51.4 Å². The van der Waals surface area contributed by atoms with E-state index in [1.165, 1.54) is 32.1 Å². The molecule has 2 heterocycles. The molecule has 2 fully saturated rings. The largest absolute Gasteiger partial charge is 0.342 e. The summed E-state index contributed by atoms with van der Waals surface area (Å²) in [4.78, 5) is 29.8. The fourth-order valence-corrected chi connectivity index (χ4v) is 4.68. The number of aryl methyl sites for hydroxylation is 1. The van der Waals surface area contributed by atoms with Crippen LogP contribution in [0.15, 0.2) is 12.4 Å². The van der Waals surface area contributed by atoms with Gasteiger partial charge in [-0.1, -0.05) is 33.1 Å². The predicted octanol–water partition coefficient (Wildman–Crippen LogP) is 3.22. The third-order valence-electron chi connectivity index (χ3n) is 6.08. The van der Waals surface area contributed by atoms with Gasteiger partial charge in [0.05, 0.1) is 12.1 Å². The lowest BCUT2D eigenvalue weighted by atomic mass is 9.87. The molecule has 28 heavy (non-hydrogen) atoms. The average Bonchev–Trinajstić information content (AvgIpc) is 3.08. The molecule has 2 amide bonds. The number of piperidine rings is 1. The lowest BCUT2D eigenvalue weighted by molar-refractivity contribution is -0.144. The van der Waals surface area contributed by atoms with Gasteiger partial charge in [-0.25, -0.2) is 0 Å². The fourth-order valence-electron chi connectivity index (χ4n) is 4.68. The molecule has 1 aliphatic heterocycles. The van der Waals surface area contributed by atoms with Gasteiger partial charge in [0.25, 0.3) is 0 Å². The van der Waals surface area contributed by atoms with Crippen molar-refractivity contribution in [1.29, 1.82) is 0 Å². The summed E-state index contributed by atoms with van der Waals surface area (Å²) >= 11 is 0. The first kappa shape index (κ1) is 20.9. The minimum atomic E-state index is -0.0725. The smallest absolute Gasteiger partial charge is 0.227 e. The summed E-state index contributed by atoms with van der Waals surface area (Å²) in [6.45, 7) is 7.05. The molecule has 0 bridgehead atoms. The summed E-state index contributed by atoms with van der Waals surface area (Å²) in [6.07, 6.45) is 11.3. The summed E-state index contributed by atoms with van der Waals surface area (Å²) in [5, 5.41) is 4.23. The molecule has 1 atom stereocenters. The van der Waals surface area contributed by atoms with Crippen molar-refractivity contribution in [3.8, 4) is 0 Å². The molecule has 0 N–H and O–H groups in total. The molecule has 1 saturated heterocycles. The van der Waals surface area contributed by atoms with Crippen LogP contribution in [-0.4, -0.2) is 51.0 Å². The molecule has 6 nitrogen and oxygen atoms in total. The van der Waals surface area contributed by atoms with E-state index in [0.717, 1.165) is 18.7 Å². The van der Waals surface area contributed by atoms with Gasteiger partial charge in [0.15, 0.2) is 0 Å². The Kier molecular flexibility index (Phi) is 7.13. The average molecular weight is 389 g/mol. The van der Waals surface area contributed by atoms with Crippen LogP contribution in [0.1, 0.15) is 64.4 Å². The molecular formula is C22H36N4O2. The van der Waals surface area contributed by atoms with Crippen LogP contribution in [-0.2, 0) is 23.2 Å². The van der Waals surface area contributed by atoms with Crippen molar-refractivity contribution in [1.82, 2.24) is 19.6 Å². The molecule has 1 aliphatic carbocycles. The van der Waals surface area contributed by atoms with Crippen LogP contribution in [0.3, 0.4) is 0 Å². The molecule has 1 unspecified atom stereocenters. The van der Waals surface area contributed by atoms with E-state index in [0.29, 0.717) is 37.8 Å². The summed E-state index contributed by atoms with van der Waals surface area (Å²) in [5.41, 5.74) is 1.06. The van der Waals surface area contributed by atoms with E-state index >= 15 is 0 Å². The first-order chi connectivity index (χ1) is 13.4. The molecule has 1 aromatic rings. The Morgan fingerprint density at radius 2 is 2.00 bits per heavy atom. The monoisotopic (exact) mass is 388 g/mol. The van der Waals surface area contributed by atoms with Crippen molar-refractivity contribution in [3.05, 3.63) is 18.0 Å². The highest BCUT2D eigenvalue weighted by atomic mass is 16.2. The van der Waals surface area contributed by atoms with Gasteiger partial charge in [-0.3, -0.25) is 14.3 Å². The lowest BCUT2D eigenvalue weighted by Gasteiger charge is -2.37. The zero-order valence-electron chi connectivity index (χ0n) is 17.8. The Morgan fingerprint density at radius 3 is 2.64 bits per heavy atom. The highest BCUT2D eigenvalue weighted by Crippen LogP contribution is 2.28. The van der Waals surface area contributed by atoms with Crippen LogP contribution < -0.4 is 0 Å². The van der Waals surface area contributed by atoms with Crippen LogP contribution in [0, 0.1) is 17.8 Å². The van der Waals surface area contributed by atoms with Crippen molar-refractivity contribution >= 4 is 11.8 Å². The van der Waals surface area contributed by atoms with Crippen molar-refractivity contribution in [2.24, 2.45) is 24.8 Å². The van der Waals surface area contributed by atoms with Crippen LogP contribution >= 0.6 is 0 Å². The highest BCUT2D eigenvalue weighted by molar-refractivity contribution is 5.84. The van der Waals surface area contributed by atoms with E-state index < -0.39 is 0 Å². The fraction of sp³-hybridized carbons (Fsp3) is 0.773. The standard InChI is InChI=1S/C22H36N4O2/c1-17(2)12-26(15-19-11-23-24(3)13-19)22(28)20-9-10-21(27)25(16-20)14-18-7-5-4-6-8-18/h11,13,17-18,20H,4-10,12,14-16H2,1-3H3. The van der Waals surface area contributed by atoms with Gasteiger partial charge in [-0.15, -0.1) is 0 Å². The van der Waals surface area contributed by atoms with E-state index in [-0.39, 0.29) is 17.7 Å².